The van der Waals surface area contributed by atoms with Crippen LogP contribution in [0, 0.1) is 0 Å². The van der Waals surface area contributed by atoms with Gasteiger partial charge in [-0.15, -0.1) is 0 Å². The molecule has 2 aromatic rings. The largest absolute Gasteiger partial charge is 0.491 e. The number of urea groups is 1. The molecule has 8 nitrogen and oxygen atoms in total. The molecule has 1 aliphatic heterocycles. The number of nitrogens with one attached hydrogen (secondary N) is 1. The summed E-state index contributed by atoms with van der Waals surface area (Å²) < 4.78 is 6.72. The second kappa shape index (κ2) is 9.93. The van der Waals surface area contributed by atoms with Gasteiger partial charge >= 0.3 is 6.03 Å². The minimum absolute atomic E-state index is 0.0205. The molecule has 1 atom stereocenters. The first kappa shape index (κ1) is 22.8. The van der Waals surface area contributed by atoms with Crippen molar-refractivity contribution in [2.45, 2.75) is 32.0 Å². The quantitative estimate of drug-likeness (QED) is 0.314. The average Bonchev–Trinajstić information content (AvgIpc) is 2.95. The van der Waals surface area contributed by atoms with E-state index in [1.165, 1.54) is 0 Å². The molecule has 4 amide bonds. The molecule has 0 aromatic heterocycles. The lowest BCUT2D eigenvalue weighted by atomic mass is 10.1. The maximum Gasteiger partial charge on any atom is 0.325 e. The summed E-state index contributed by atoms with van der Waals surface area (Å²) in [7, 11) is 0. The predicted molar refractivity (Wildman–Crippen MR) is 117 cm³/mol. The van der Waals surface area contributed by atoms with Gasteiger partial charge in [0, 0.05) is 4.47 Å². The van der Waals surface area contributed by atoms with Gasteiger partial charge in [-0.05, 0) is 43.7 Å². The minimum atomic E-state index is -1.01. The van der Waals surface area contributed by atoms with E-state index in [-0.39, 0.29) is 25.7 Å². The molecule has 3 rings (SSSR count). The fourth-order valence-corrected chi connectivity index (χ4v) is 3.33. The van der Waals surface area contributed by atoms with E-state index in [4.69, 9.17) is 9.57 Å². The van der Waals surface area contributed by atoms with Gasteiger partial charge in [-0.3, -0.25) is 19.3 Å². The lowest BCUT2D eigenvalue weighted by Crippen LogP contribution is -2.49. The summed E-state index contributed by atoms with van der Waals surface area (Å²) >= 11 is 3.37. The van der Waals surface area contributed by atoms with Gasteiger partial charge in [0.2, 0.25) is 6.41 Å². The number of carbonyl (C=O) groups is 3. The number of nitrogens with zero attached hydrogens (tertiary/aromatic N) is 2. The lowest BCUT2D eigenvalue weighted by Gasteiger charge is -2.30. The molecule has 0 spiro atoms. The Bertz CT molecular complexity index is 921. The van der Waals surface area contributed by atoms with Crippen LogP contribution in [0.4, 0.5) is 4.79 Å². The van der Waals surface area contributed by atoms with Gasteiger partial charge in [0.25, 0.3) is 5.91 Å². The van der Waals surface area contributed by atoms with E-state index >= 15 is 0 Å². The second-order valence-electron chi connectivity index (χ2n) is 7.61. The highest BCUT2D eigenvalue weighted by molar-refractivity contribution is 9.10. The van der Waals surface area contributed by atoms with Gasteiger partial charge in [-0.2, -0.15) is 0 Å². The SMILES string of the molecule is CC1(C)NC(=O)N(C[C@H](COc2ccc(Br)cc2)N(C=O)OCc2ccccc2)C1=O. The Hall–Kier alpha value is -2.91. The molecular formula is C22H24BrN3O5. The molecule has 0 unspecified atom stereocenters. The first-order chi connectivity index (χ1) is 14.8. The smallest absolute Gasteiger partial charge is 0.325 e. The molecule has 1 saturated heterocycles. The zero-order chi connectivity index (χ0) is 22.4. The van der Waals surface area contributed by atoms with E-state index in [0.717, 1.165) is 20.0 Å². The highest BCUT2D eigenvalue weighted by atomic mass is 79.9. The average molecular weight is 490 g/mol. The molecule has 0 saturated carbocycles. The lowest BCUT2D eigenvalue weighted by molar-refractivity contribution is -0.197. The van der Waals surface area contributed by atoms with Crippen LogP contribution in [0.2, 0.25) is 0 Å². The van der Waals surface area contributed by atoms with Crippen molar-refractivity contribution < 1.29 is 24.0 Å². The van der Waals surface area contributed by atoms with E-state index in [2.05, 4.69) is 21.2 Å². The highest BCUT2D eigenvalue weighted by Crippen LogP contribution is 2.20. The Morgan fingerprint density at radius 3 is 2.39 bits per heavy atom. The number of halogens is 1. The van der Waals surface area contributed by atoms with E-state index in [1.54, 1.807) is 26.0 Å². The van der Waals surface area contributed by atoms with Crippen LogP contribution >= 0.6 is 15.9 Å². The maximum absolute atomic E-state index is 12.6. The van der Waals surface area contributed by atoms with E-state index in [0.29, 0.717) is 12.2 Å². The van der Waals surface area contributed by atoms with Crippen LogP contribution < -0.4 is 10.1 Å². The Kier molecular flexibility index (Phi) is 7.29. The van der Waals surface area contributed by atoms with E-state index in [9.17, 15) is 14.4 Å². The third-order valence-corrected chi connectivity index (χ3v) is 5.31. The van der Waals surface area contributed by atoms with Crippen LogP contribution in [0.25, 0.3) is 0 Å². The summed E-state index contributed by atoms with van der Waals surface area (Å²) in [6.07, 6.45) is 0.530. The number of rotatable bonds is 10. The maximum atomic E-state index is 12.6. The number of amides is 4. The van der Waals surface area contributed by atoms with Crippen molar-refractivity contribution in [1.82, 2.24) is 15.3 Å². The van der Waals surface area contributed by atoms with Gasteiger partial charge in [-0.1, -0.05) is 46.3 Å². The van der Waals surface area contributed by atoms with Gasteiger partial charge in [-0.25, -0.2) is 9.86 Å². The monoisotopic (exact) mass is 489 g/mol. The summed E-state index contributed by atoms with van der Waals surface area (Å²) in [5, 5.41) is 3.73. The van der Waals surface area contributed by atoms with Gasteiger partial charge < -0.3 is 10.1 Å². The van der Waals surface area contributed by atoms with Crippen molar-refractivity contribution in [3.8, 4) is 5.75 Å². The summed E-state index contributed by atoms with van der Waals surface area (Å²) in [5.74, 6) is 0.208. The first-order valence-corrected chi connectivity index (χ1v) is 10.5. The number of imide groups is 1. The minimum Gasteiger partial charge on any atom is -0.491 e. The van der Waals surface area contributed by atoms with E-state index < -0.39 is 17.6 Å². The highest BCUT2D eigenvalue weighted by Gasteiger charge is 2.45. The molecule has 0 bridgehead atoms. The fourth-order valence-electron chi connectivity index (χ4n) is 3.07. The zero-order valence-electron chi connectivity index (χ0n) is 17.3. The van der Waals surface area contributed by atoms with Crippen LogP contribution in [0.15, 0.2) is 59.1 Å². The Labute approximate surface area is 189 Å². The number of benzene rings is 2. The molecule has 2 aromatic carbocycles. The van der Waals surface area contributed by atoms with Crippen molar-refractivity contribution in [1.29, 1.82) is 0 Å². The molecule has 1 aliphatic rings. The zero-order valence-corrected chi connectivity index (χ0v) is 18.9. The molecule has 1 fully saturated rings. The van der Waals surface area contributed by atoms with Crippen molar-refractivity contribution in [3.63, 3.8) is 0 Å². The number of ether oxygens (including phenoxy) is 1. The molecular weight excluding hydrogens is 466 g/mol. The number of hydrogen-bond donors (Lipinski definition) is 1. The van der Waals surface area contributed by atoms with Crippen LogP contribution in [-0.4, -0.2) is 53.0 Å². The van der Waals surface area contributed by atoms with Crippen LogP contribution in [0.5, 0.6) is 5.75 Å². The number of hydrogen-bond acceptors (Lipinski definition) is 5. The molecule has 1 heterocycles. The molecule has 9 heteroatoms. The van der Waals surface area contributed by atoms with Crippen molar-refractivity contribution in [2.75, 3.05) is 13.2 Å². The standard InChI is InChI=1S/C22H24BrN3O5/c1-22(2)20(28)25(21(29)24-22)12-18(14-30-19-10-8-17(23)9-11-19)26(15-27)31-13-16-6-4-3-5-7-16/h3-11,15,18H,12-14H2,1-2H3,(H,24,29)/t18-/m1/s1. The van der Waals surface area contributed by atoms with Crippen LogP contribution in [0.3, 0.4) is 0 Å². The summed E-state index contributed by atoms with van der Waals surface area (Å²) in [6, 6.07) is 15.3. The molecule has 164 valence electrons. The third kappa shape index (κ3) is 5.83. The normalized spacial score (nSPS) is 16.0. The second-order valence-corrected chi connectivity index (χ2v) is 8.53. The van der Waals surface area contributed by atoms with Crippen LogP contribution in [0.1, 0.15) is 19.4 Å². The Balaban J connectivity index is 1.74. The topological polar surface area (TPSA) is 88.2 Å². The molecule has 31 heavy (non-hydrogen) atoms. The Morgan fingerprint density at radius 2 is 1.81 bits per heavy atom. The third-order valence-electron chi connectivity index (χ3n) is 4.78. The fraction of sp³-hybridized carbons (Fsp3) is 0.318. The van der Waals surface area contributed by atoms with Crippen molar-refractivity contribution in [3.05, 3.63) is 64.6 Å². The number of carbonyl (C=O) groups excluding carboxylic acids is 3. The van der Waals surface area contributed by atoms with Crippen molar-refractivity contribution in [2.24, 2.45) is 0 Å². The molecule has 0 aliphatic carbocycles. The molecule has 0 radical (unpaired) electrons. The van der Waals surface area contributed by atoms with Gasteiger partial charge in [0.05, 0.1) is 6.54 Å². The first-order valence-electron chi connectivity index (χ1n) is 9.73. The van der Waals surface area contributed by atoms with Gasteiger partial charge in [0.15, 0.2) is 0 Å². The van der Waals surface area contributed by atoms with Crippen LogP contribution in [-0.2, 0) is 21.0 Å². The summed E-state index contributed by atoms with van der Waals surface area (Å²) in [6.45, 7) is 3.36. The summed E-state index contributed by atoms with van der Waals surface area (Å²) in [4.78, 5) is 43.6. The predicted octanol–water partition coefficient (Wildman–Crippen LogP) is 3.12. The number of hydroxylamine groups is 2. The Morgan fingerprint density at radius 1 is 1.13 bits per heavy atom. The summed E-state index contributed by atoms with van der Waals surface area (Å²) in [5.41, 5.74) is -0.136. The van der Waals surface area contributed by atoms with E-state index in [1.807, 2.05) is 42.5 Å². The van der Waals surface area contributed by atoms with Gasteiger partial charge in [0.1, 0.15) is 30.5 Å². The van der Waals surface area contributed by atoms with Crippen molar-refractivity contribution >= 4 is 34.3 Å². The molecule has 1 N–H and O–H groups in total.